The molecule has 0 atom stereocenters. The second-order valence-electron chi connectivity index (χ2n) is 1.81. The number of hydrogen-bond acceptors (Lipinski definition) is 4. The highest BCUT2D eigenvalue weighted by Gasteiger charge is 1.95. The molecule has 0 radical (unpaired) electrons. The Morgan fingerprint density at radius 3 is 2.91 bits per heavy atom. The van der Waals surface area contributed by atoms with Crippen molar-refractivity contribution in [2.75, 3.05) is 0 Å². The molecule has 0 fully saturated rings. The standard InChI is InChI=1S/C7H4N2O2/c8-4-5-2-1-3-6(9-5)7(10)11/h1-3H,(H,10,11)/p-1. The number of aromatic nitrogens is 1. The number of nitrogens with zero attached hydrogens (tertiary/aromatic N) is 2. The van der Waals surface area contributed by atoms with Crippen molar-refractivity contribution in [3.05, 3.63) is 29.6 Å². The minimum absolute atomic E-state index is 0.0756. The van der Waals surface area contributed by atoms with Crippen molar-refractivity contribution in [3.63, 3.8) is 0 Å². The Labute approximate surface area is 62.7 Å². The van der Waals surface area contributed by atoms with Gasteiger partial charge in [0.1, 0.15) is 11.8 Å². The molecule has 1 heterocycles. The van der Waals surface area contributed by atoms with Gasteiger partial charge in [-0.05, 0) is 12.1 Å². The molecule has 4 nitrogen and oxygen atoms in total. The van der Waals surface area contributed by atoms with E-state index in [1.54, 1.807) is 6.07 Å². The summed E-state index contributed by atoms with van der Waals surface area (Å²) in [6, 6.07) is 5.86. The second kappa shape index (κ2) is 2.80. The van der Waals surface area contributed by atoms with E-state index in [0.29, 0.717) is 0 Å². The molecule has 0 aliphatic carbocycles. The summed E-state index contributed by atoms with van der Waals surface area (Å²) in [6.07, 6.45) is 0. The van der Waals surface area contributed by atoms with Crippen LogP contribution in [0.2, 0.25) is 0 Å². The van der Waals surface area contributed by atoms with Gasteiger partial charge in [0.05, 0.1) is 11.7 Å². The molecule has 0 amide bonds. The number of carbonyl (C=O) groups is 1. The summed E-state index contributed by atoms with van der Waals surface area (Å²) in [5, 5.41) is 18.5. The zero-order valence-corrected chi connectivity index (χ0v) is 5.44. The number of carboxylic acid groups (broad SMARTS) is 1. The molecule has 0 aliphatic rings. The summed E-state index contributed by atoms with van der Waals surface area (Å²) >= 11 is 0. The maximum Gasteiger partial charge on any atom is 0.141 e. The number of carbonyl (C=O) groups excluding carboxylic acids is 1. The molecule has 1 aromatic heterocycles. The first-order valence-electron chi connectivity index (χ1n) is 2.82. The predicted molar refractivity (Wildman–Crippen MR) is 33.3 cm³/mol. The van der Waals surface area contributed by atoms with E-state index in [2.05, 4.69) is 4.98 Å². The first kappa shape index (κ1) is 7.22. The second-order valence-corrected chi connectivity index (χ2v) is 1.81. The van der Waals surface area contributed by atoms with Gasteiger partial charge in [-0.3, -0.25) is 0 Å². The van der Waals surface area contributed by atoms with Gasteiger partial charge in [0.15, 0.2) is 0 Å². The van der Waals surface area contributed by atoms with Crippen molar-refractivity contribution in [2.24, 2.45) is 0 Å². The lowest BCUT2D eigenvalue weighted by molar-refractivity contribution is -0.255. The van der Waals surface area contributed by atoms with Crippen LogP contribution in [0.4, 0.5) is 0 Å². The van der Waals surface area contributed by atoms with E-state index >= 15 is 0 Å². The van der Waals surface area contributed by atoms with Gasteiger partial charge in [-0.25, -0.2) is 4.98 Å². The van der Waals surface area contributed by atoms with Crippen molar-refractivity contribution in [1.82, 2.24) is 4.98 Å². The fraction of sp³-hybridized carbons (Fsp3) is 0. The Bertz CT molecular complexity index is 327. The summed E-state index contributed by atoms with van der Waals surface area (Å²) < 4.78 is 0. The van der Waals surface area contributed by atoms with Crippen molar-refractivity contribution in [1.29, 1.82) is 5.26 Å². The van der Waals surface area contributed by atoms with Crippen LogP contribution in [0, 0.1) is 11.3 Å². The third-order valence-electron chi connectivity index (χ3n) is 1.07. The van der Waals surface area contributed by atoms with E-state index in [9.17, 15) is 9.90 Å². The smallest absolute Gasteiger partial charge is 0.141 e. The number of pyridine rings is 1. The van der Waals surface area contributed by atoms with Crippen LogP contribution in [0.25, 0.3) is 0 Å². The van der Waals surface area contributed by atoms with Gasteiger partial charge >= 0.3 is 0 Å². The summed E-state index contributed by atoms with van der Waals surface area (Å²) in [6.45, 7) is 0. The number of carboxylic acids is 1. The zero-order chi connectivity index (χ0) is 8.27. The Balaban J connectivity index is 3.13. The van der Waals surface area contributed by atoms with Crippen molar-refractivity contribution >= 4 is 5.97 Å². The number of nitriles is 1. The molecule has 1 rings (SSSR count). The number of aromatic carboxylic acids is 1. The van der Waals surface area contributed by atoms with Gasteiger partial charge in [-0.1, -0.05) is 6.07 Å². The highest BCUT2D eigenvalue weighted by molar-refractivity contribution is 5.83. The molecule has 0 N–H and O–H groups in total. The highest BCUT2D eigenvalue weighted by atomic mass is 16.4. The fourth-order valence-corrected chi connectivity index (χ4v) is 0.611. The van der Waals surface area contributed by atoms with E-state index in [1.807, 2.05) is 0 Å². The van der Waals surface area contributed by atoms with Crippen molar-refractivity contribution < 1.29 is 9.90 Å². The predicted octanol–water partition coefficient (Wildman–Crippen LogP) is -0.683. The van der Waals surface area contributed by atoms with Gasteiger partial charge in [-0.15, -0.1) is 0 Å². The quantitative estimate of drug-likeness (QED) is 0.527. The Kier molecular flexibility index (Phi) is 1.83. The molecule has 1 aromatic rings. The molecule has 0 spiro atoms. The molecule has 54 valence electrons. The maximum atomic E-state index is 10.2. The molecule has 0 unspecified atom stereocenters. The van der Waals surface area contributed by atoms with E-state index in [0.717, 1.165) is 0 Å². The van der Waals surface area contributed by atoms with Crippen molar-refractivity contribution in [3.8, 4) is 6.07 Å². The lowest BCUT2D eigenvalue weighted by Crippen LogP contribution is -2.23. The first-order chi connectivity index (χ1) is 5.24. The SMILES string of the molecule is N#Cc1cccc(C(=O)[O-])n1. The van der Waals surface area contributed by atoms with Crippen LogP contribution < -0.4 is 5.11 Å². The van der Waals surface area contributed by atoms with Crippen LogP contribution >= 0.6 is 0 Å². The Hall–Kier alpha value is -1.89. The third-order valence-corrected chi connectivity index (χ3v) is 1.07. The Morgan fingerprint density at radius 1 is 1.64 bits per heavy atom. The van der Waals surface area contributed by atoms with E-state index in [1.165, 1.54) is 18.2 Å². The van der Waals surface area contributed by atoms with Gasteiger partial charge in [0.25, 0.3) is 0 Å². The average molecular weight is 147 g/mol. The monoisotopic (exact) mass is 147 g/mol. The molecule has 0 saturated heterocycles. The van der Waals surface area contributed by atoms with Gasteiger partial charge in [-0.2, -0.15) is 5.26 Å². The molecular formula is C7H3N2O2-. The fourth-order valence-electron chi connectivity index (χ4n) is 0.611. The van der Waals surface area contributed by atoms with Gasteiger partial charge in [0, 0.05) is 0 Å². The lowest BCUT2D eigenvalue weighted by Gasteiger charge is -1.98. The van der Waals surface area contributed by atoms with Gasteiger partial charge < -0.3 is 9.90 Å². The normalized spacial score (nSPS) is 8.64. The third kappa shape index (κ3) is 1.52. The molecule has 0 aliphatic heterocycles. The highest BCUT2D eigenvalue weighted by Crippen LogP contribution is 1.95. The molecule has 4 heteroatoms. The minimum atomic E-state index is -1.37. The van der Waals surface area contributed by atoms with E-state index in [4.69, 9.17) is 5.26 Å². The van der Waals surface area contributed by atoms with Crippen LogP contribution in [0.1, 0.15) is 16.2 Å². The summed E-state index contributed by atoms with van der Waals surface area (Å²) in [4.78, 5) is 13.7. The van der Waals surface area contributed by atoms with E-state index < -0.39 is 5.97 Å². The molecule has 0 saturated carbocycles. The molecule has 11 heavy (non-hydrogen) atoms. The average Bonchev–Trinajstić information content (AvgIpc) is 2.05. The molecular weight excluding hydrogens is 144 g/mol. The number of hydrogen-bond donors (Lipinski definition) is 0. The van der Waals surface area contributed by atoms with Crippen molar-refractivity contribution in [2.45, 2.75) is 0 Å². The molecule has 0 aromatic carbocycles. The van der Waals surface area contributed by atoms with Crippen LogP contribution in [-0.4, -0.2) is 11.0 Å². The summed E-state index contributed by atoms with van der Waals surface area (Å²) in [5.74, 6) is -1.37. The lowest BCUT2D eigenvalue weighted by atomic mass is 10.3. The van der Waals surface area contributed by atoms with Gasteiger partial charge in [0.2, 0.25) is 0 Å². The minimum Gasteiger partial charge on any atom is -0.543 e. The first-order valence-corrected chi connectivity index (χ1v) is 2.82. The van der Waals surface area contributed by atoms with Crippen LogP contribution in [0.15, 0.2) is 18.2 Å². The largest absolute Gasteiger partial charge is 0.543 e. The van der Waals surface area contributed by atoms with Crippen LogP contribution in [-0.2, 0) is 0 Å². The summed E-state index contributed by atoms with van der Waals surface area (Å²) in [5.41, 5.74) is -0.143. The zero-order valence-electron chi connectivity index (χ0n) is 5.44. The maximum absolute atomic E-state index is 10.2. The number of rotatable bonds is 1. The van der Waals surface area contributed by atoms with Crippen LogP contribution in [0.5, 0.6) is 0 Å². The van der Waals surface area contributed by atoms with Crippen LogP contribution in [0.3, 0.4) is 0 Å². The molecule has 0 bridgehead atoms. The topological polar surface area (TPSA) is 76.8 Å². The summed E-state index contributed by atoms with van der Waals surface area (Å²) in [7, 11) is 0. The van der Waals surface area contributed by atoms with E-state index in [-0.39, 0.29) is 11.4 Å². The Morgan fingerprint density at radius 2 is 2.36 bits per heavy atom.